The van der Waals surface area contributed by atoms with Gasteiger partial charge in [-0.15, -0.1) is 0 Å². The molecule has 12 heteroatoms. The Morgan fingerprint density at radius 3 is 2.44 bits per heavy atom. The van der Waals surface area contributed by atoms with Gasteiger partial charge in [-0.25, -0.2) is 4.79 Å². The van der Waals surface area contributed by atoms with Crippen LogP contribution >= 0.6 is 0 Å². The van der Waals surface area contributed by atoms with Gasteiger partial charge in [-0.3, -0.25) is 9.59 Å². The molecule has 1 saturated heterocycles. The van der Waals surface area contributed by atoms with E-state index in [0.717, 1.165) is 6.07 Å². The molecule has 0 saturated carbocycles. The molecule has 1 fully saturated rings. The molecule has 4 aromatic rings. The van der Waals surface area contributed by atoms with Gasteiger partial charge in [-0.2, -0.15) is 0 Å². The number of hydrogen-bond donors (Lipinski definition) is 1. The standard InChI is InChI=1S/C29H29NO11/c1-5-35-28(34)25-11-20(32)19-10-18(6-7-22(19)40-25)36-13-17(31)14-37-23-8-16(30(3)4)9-24-27(23)21(33)12-26(41-24)29-38-15(2)39-29/h6-12,15,17,29,31H,5,13-14H2,1-4H3. The molecule has 0 spiro atoms. The molecule has 0 amide bonds. The predicted octanol–water partition coefficient (Wildman–Crippen LogP) is 3.35. The molecule has 3 heterocycles. The number of hydrogen-bond acceptors (Lipinski definition) is 12. The van der Waals surface area contributed by atoms with Gasteiger partial charge in [-0.1, -0.05) is 0 Å². The third-order valence-corrected chi connectivity index (χ3v) is 6.23. The summed E-state index contributed by atoms with van der Waals surface area (Å²) in [5.41, 5.74) is 0.399. The zero-order valence-corrected chi connectivity index (χ0v) is 22.9. The summed E-state index contributed by atoms with van der Waals surface area (Å²) in [7, 11) is 3.66. The van der Waals surface area contributed by atoms with Crippen LogP contribution in [0.5, 0.6) is 11.5 Å². The summed E-state index contributed by atoms with van der Waals surface area (Å²) in [6.07, 6.45) is -2.22. The van der Waals surface area contributed by atoms with Crippen LogP contribution in [0, 0.1) is 0 Å². The highest BCUT2D eigenvalue weighted by Crippen LogP contribution is 2.35. The molecule has 5 rings (SSSR count). The van der Waals surface area contributed by atoms with E-state index in [4.69, 9.17) is 32.5 Å². The molecule has 2 aromatic heterocycles. The highest BCUT2D eigenvalue weighted by molar-refractivity contribution is 5.89. The molecule has 0 bridgehead atoms. The maximum absolute atomic E-state index is 13.0. The van der Waals surface area contributed by atoms with Gasteiger partial charge in [0.25, 0.3) is 0 Å². The number of rotatable bonds is 10. The predicted molar refractivity (Wildman–Crippen MR) is 147 cm³/mol. The topological polar surface area (TPSA) is 147 Å². The fourth-order valence-corrected chi connectivity index (χ4v) is 4.19. The fourth-order valence-electron chi connectivity index (χ4n) is 4.19. The minimum Gasteiger partial charge on any atom is -0.491 e. The first-order valence-corrected chi connectivity index (χ1v) is 12.9. The van der Waals surface area contributed by atoms with Crippen molar-refractivity contribution in [2.24, 2.45) is 0 Å². The number of fused-ring (bicyclic) bond motifs is 2. The van der Waals surface area contributed by atoms with Crippen molar-refractivity contribution in [1.82, 2.24) is 0 Å². The van der Waals surface area contributed by atoms with Crippen LogP contribution in [0.3, 0.4) is 0 Å². The Morgan fingerprint density at radius 2 is 1.73 bits per heavy atom. The lowest BCUT2D eigenvalue weighted by atomic mass is 10.1. The van der Waals surface area contributed by atoms with Crippen molar-refractivity contribution in [3.05, 3.63) is 74.4 Å². The number of esters is 1. The molecule has 12 nitrogen and oxygen atoms in total. The molecule has 0 radical (unpaired) electrons. The third-order valence-electron chi connectivity index (χ3n) is 6.23. The summed E-state index contributed by atoms with van der Waals surface area (Å²) >= 11 is 0. The van der Waals surface area contributed by atoms with E-state index in [-0.39, 0.29) is 70.7 Å². The Labute approximate surface area is 233 Å². The smallest absolute Gasteiger partial charge is 0.374 e. The molecule has 41 heavy (non-hydrogen) atoms. The van der Waals surface area contributed by atoms with Crippen LogP contribution in [-0.2, 0) is 14.2 Å². The largest absolute Gasteiger partial charge is 0.491 e. The van der Waals surface area contributed by atoms with Gasteiger partial charge in [0.05, 0.1) is 12.0 Å². The van der Waals surface area contributed by atoms with Gasteiger partial charge in [0.15, 0.2) is 22.9 Å². The first-order chi connectivity index (χ1) is 19.6. The van der Waals surface area contributed by atoms with Crippen LogP contribution < -0.4 is 25.2 Å². The quantitative estimate of drug-likeness (QED) is 0.280. The number of aliphatic hydroxyl groups is 1. The van der Waals surface area contributed by atoms with E-state index in [1.807, 2.05) is 19.0 Å². The van der Waals surface area contributed by atoms with Gasteiger partial charge >= 0.3 is 5.97 Å². The monoisotopic (exact) mass is 567 g/mol. The van der Waals surface area contributed by atoms with Crippen molar-refractivity contribution in [1.29, 1.82) is 0 Å². The Kier molecular flexibility index (Phi) is 7.97. The molecule has 1 aliphatic heterocycles. The maximum Gasteiger partial charge on any atom is 0.374 e. The second kappa shape index (κ2) is 11.6. The van der Waals surface area contributed by atoms with Crippen LogP contribution in [0.4, 0.5) is 5.69 Å². The number of carbonyl (C=O) groups is 1. The number of nitrogens with zero attached hydrogens (tertiary/aromatic N) is 1. The molecule has 1 unspecified atom stereocenters. The number of anilines is 1. The number of benzene rings is 2. The minimum absolute atomic E-state index is 0.149. The van der Waals surface area contributed by atoms with Crippen LogP contribution in [0.2, 0.25) is 0 Å². The van der Waals surface area contributed by atoms with Crippen LogP contribution in [0.25, 0.3) is 21.9 Å². The van der Waals surface area contributed by atoms with Gasteiger partial charge in [0.2, 0.25) is 12.1 Å². The Balaban J connectivity index is 1.29. The second-order valence-corrected chi connectivity index (χ2v) is 9.53. The van der Waals surface area contributed by atoms with Gasteiger partial charge in [0.1, 0.15) is 47.4 Å². The average Bonchev–Trinajstić information content (AvgIpc) is 2.92. The average molecular weight is 568 g/mol. The van der Waals surface area contributed by atoms with Crippen LogP contribution in [0.15, 0.2) is 60.9 Å². The maximum atomic E-state index is 13.0. The summed E-state index contributed by atoms with van der Waals surface area (Å²) in [4.78, 5) is 39.2. The zero-order chi connectivity index (χ0) is 29.3. The molecule has 0 aliphatic carbocycles. The van der Waals surface area contributed by atoms with Gasteiger partial charge in [0, 0.05) is 44.0 Å². The summed E-state index contributed by atoms with van der Waals surface area (Å²) < 4.78 is 38.7. The molecular formula is C29H29NO11. The van der Waals surface area contributed by atoms with E-state index in [1.54, 1.807) is 32.0 Å². The Bertz CT molecular complexity index is 1700. The first-order valence-electron chi connectivity index (χ1n) is 12.9. The molecule has 1 atom stereocenters. The van der Waals surface area contributed by atoms with E-state index in [9.17, 15) is 19.5 Å². The van der Waals surface area contributed by atoms with Crippen LogP contribution in [-0.4, -0.2) is 57.4 Å². The molecule has 2 aromatic carbocycles. The van der Waals surface area contributed by atoms with E-state index in [0.29, 0.717) is 11.4 Å². The lowest BCUT2D eigenvalue weighted by molar-refractivity contribution is -0.387. The van der Waals surface area contributed by atoms with E-state index in [2.05, 4.69) is 0 Å². The Hall–Kier alpha value is -4.39. The summed E-state index contributed by atoms with van der Waals surface area (Å²) in [5.74, 6) is -0.141. The van der Waals surface area contributed by atoms with Gasteiger partial charge < -0.3 is 42.5 Å². The molecular weight excluding hydrogens is 538 g/mol. The zero-order valence-electron chi connectivity index (χ0n) is 22.9. The molecule has 1 aliphatic rings. The van der Waals surface area contributed by atoms with Crippen molar-refractivity contribution < 1.29 is 42.4 Å². The highest BCUT2D eigenvalue weighted by atomic mass is 16.9. The summed E-state index contributed by atoms with van der Waals surface area (Å²) in [6, 6.07) is 10.2. The number of aliphatic hydroxyl groups excluding tert-OH is 1. The van der Waals surface area contributed by atoms with Crippen molar-refractivity contribution >= 4 is 33.6 Å². The lowest BCUT2D eigenvalue weighted by Gasteiger charge is -2.32. The summed E-state index contributed by atoms with van der Waals surface area (Å²) in [5, 5.41) is 11.0. The minimum atomic E-state index is -1.09. The highest BCUT2D eigenvalue weighted by Gasteiger charge is 2.31. The van der Waals surface area contributed by atoms with Crippen molar-refractivity contribution in [2.45, 2.75) is 32.5 Å². The molecule has 216 valence electrons. The number of carbonyl (C=O) groups excluding carboxylic acids is 1. The second-order valence-electron chi connectivity index (χ2n) is 9.53. The molecule has 1 N–H and O–H groups in total. The fraction of sp³-hybridized carbons (Fsp3) is 0.345. The van der Waals surface area contributed by atoms with Crippen molar-refractivity contribution in [2.75, 3.05) is 38.8 Å². The SMILES string of the molecule is CCOC(=O)c1cc(=O)c2cc(OCC(O)COc3cc(N(C)C)cc4oc(C5OC(C)O5)cc(=O)c34)ccc2o1. The van der Waals surface area contributed by atoms with Crippen molar-refractivity contribution in [3.63, 3.8) is 0 Å². The third kappa shape index (κ3) is 6.04. The first kappa shape index (κ1) is 28.1. The lowest BCUT2D eigenvalue weighted by Crippen LogP contribution is -2.32. The van der Waals surface area contributed by atoms with E-state index >= 15 is 0 Å². The van der Waals surface area contributed by atoms with Crippen LogP contribution in [0.1, 0.15) is 36.5 Å². The Morgan fingerprint density at radius 1 is 0.976 bits per heavy atom. The summed E-state index contributed by atoms with van der Waals surface area (Å²) in [6.45, 7) is 3.17. The number of ether oxygens (including phenoxy) is 5. The van der Waals surface area contributed by atoms with E-state index in [1.165, 1.54) is 18.2 Å². The van der Waals surface area contributed by atoms with E-state index < -0.39 is 23.8 Å². The normalized spacial score (nSPS) is 17.2. The van der Waals surface area contributed by atoms with Gasteiger partial charge in [-0.05, 0) is 32.0 Å². The van der Waals surface area contributed by atoms with Crippen molar-refractivity contribution in [3.8, 4) is 11.5 Å².